The molecule has 10 heavy (non-hydrogen) atoms. The van der Waals surface area contributed by atoms with E-state index in [9.17, 15) is 0 Å². The van der Waals surface area contributed by atoms with Gasteiger partial charge >= 0.3 is 0 Å². The van der Waals surface area contributed by atoms with Crippen molar-refractivity contribution in [3.05, 3.63) is 16.4 Å². The molecule has 1 aromatic rings. The van der Waals surface area contributed by atoms with Gasteiger partial charge in [0.2, 0.25) is 0 Å². The van der Waals surface area contributed by atoms with Crippen LogP contribution in [0.5, 0.6) is 0 Å². The predicted molar refractivity (Wildman–Crippen MR) is 43.8 cm³/mol. The van der Waals surface area contributed by atoms with Gasteiger partial charge in [0.25, 0.3) is 0 Å². The van der Waals surface area contributed by atoms with Gasteiger partial charge in [-0.3, -0.25) is 0 Å². The van der Waals surface area contributed by atoms with E-state index in [0.29, 0.717) is 15.3 Å². The molecular weight excluding hydrogens is 191 g/mol. The first kappa shape index (κ1) is 8.11. The molecule has 0 aromatic carbocycles. The van der Waals surface area contributed by atoms with Gasteiger partial charge in [0.05, 0.1) is 11.2 Å². The van der Waals surface area contributed by atoms with E-state index in [2.05, 4.69) is 9.97 Å². The van der Waals surface area contributed by atoms with Crippen LogP contribution in [-0.2, 0) is 0 Å². The van der Waals surface area contributed by atoms with E-state index in [1.807, 2.05) is 6.26 Å². The predicted octanol–water partition coefficient (Wildman–Crippen LogP) is 2.51. The Labute approximate surface area is 73.0 Å². The fourth-order valence-electron chi connectivity index (χ4n) is 0.430. The Bertz CT molecular complexity index is 241. The Balaban J connectivity index is 3.04. The molecule has 0 aliphatic rings. The highest BCUT2D eigenvalue weighted by molar-refractivity contribution is 7.98. The summed E-state index contributed by atoms with van der Waals surface area (Å²) in [5, 5.41) is 1.33. The number of hydrogen-bond acceptors (Lipinski definition) is 3. The molecule has 1 heterocycles. The highest BCUT2D eigenvalue weighted by Crippen LogP contribution is 2.20. The molecule has 1 rings (SSSR count). The van der Waals surface area contributed by atoms with Crippen LogP contribution >= 0.6 is 35.0 Å². The van der Waals surface area contributed by atoms with Gasteiger partial charge in [-0.1, -0.05) is 35.0 Å². The van der Waals surface area contributed by atoms with Crippen molar-refractivity contribution in [2.24, 2.45) is 0 Å². The van der Waals surface area contributed by atoms with Crippen LogP contribution < -0.4 is 0 Å². The molecule has 0 saturated heterocycles. The number of aromatic nitrogens is 2. The molecule has 0 amide bonds. The van der Waals surface area contributed by atoms with Gasteiger partial charge in [0, 0.05) is 0 Å². The molecule has 54 valence electrons. The Morgan fingerprint density at radius 1 is 1.50 bits per heavy atom. The number of nitrogens with zero attached hydrogens (tertiary/aromatic N) is 2. The van der Waals surface area contributed by atoms with E-state index in [4.69, 9.17) is 23.2 Å². The van der Waals surface area contributed by atoms with Crippen LogP contribution in [0.15, 0.2) is 11.4 Å². The quantitative estimate of drug-likeness (QED) is 0.391. The van der Waals surface area contributed by atoms with Crippen molar-refractivity contribution in [1.82, 2.24) is 9.97 Å². The molecule has 0 saturated carbocycles. The third-order valence-corrected chi connectivity index (χ3v) is 2.09. The topological polar surface area (TPSA) is 25.8 Å². The van der Waals surface area contributed by atoms with Gasteiger partial charge in [-0.2, -0.15) is 0 Å². The lowest BCUT2D eigenvalue weighted by Crippen LogP contribution is -1.84. The first-order chi connectivity index (χ1) is 4.74. The summed E-state index contributed by atoms with van der Waals surface area (Å²) in [7, 11) is 0. The summed E-state index contributed by atoms with van der Waals surface area (Å²) in [5.74, 6) is 0. The summed E-state index contributed by atoms with van der Waals surface area (Å²) in [5.41, 5.74) is 0. The van der Waals surface area contributed by atoms with Crippen LogP contribution in [0.3, 0.4) is 0 Å². The molecule has 0 N–H and O–H groups in total. The molecule has 0 unspecified atom stereocenters. The van der Waals surface area contributed by atoms with Crippen LogP contribution in [0.1, 0.15) is 0 Å². The number of hydrogen-bond donors (Lipinski definition) is 0. The molecule has 0 spiro atoms. The Hall–Kier alpha value is 0.01000. The van der Waals surface area contributed by atoms with Gasteiger partial charge in [-0.25, -0.2) is 9.97 Å². The van der Waals surface area contributed by atoms with E-state index in [0.717, 1.165) is 0 Å². The fourth-order valence-corrected chi connectivity index (χ4v) is 1.04. The highest BCUT2D eigenvalue weighted by Gasteiger charge is 1.99. The first-order valence-electron chi connectivity index (χ1n) is 2.46. The van der Waals surface area contributed by atoms with E-state index in [1.165, 1.54) is 18.0 Å². The normalized spacial score (nSPS) is 9.90. The number of thioether (sulfide) groups is 1. The number of rotatable bonds is 1. The molecule has 0 fully saturated rings. The average Bonchev–Trinajstić information content (AvgIpc) is 1.95. The molecule has 0 aliphatic carbocycles. The summed E-state index contributed by atoms with van der Waals surface area (Å²) < 4.78 is 0. The second-order valence-electron chi connectivity index (χ2n) is 1.50. The molecule has 0 aliphatic heterocycles. The maximum atomic E-state index is 5.60. The average molecular weight is 195 g/mol. The standard InChI is InChI=1S/C5H4Cl2N2S/c1-10-5-8-2-3(6)4(7)9-5/h2H,1H3. The Morgan fingerprint density at radius 2 is 2.20 bits per heavy atom. The zero-order chi connectivity index (χ0) is 7.56. The minimum Gasteiger partial charge on any atom is -0.229 e. The summed E-state index contributed by atoms with van der Waals surface area (Å²) in [6.45, 7) is 0. The monoisotopic (exact) mass is 194 g/mol. The second-order valence-corrected chi connectivity index (χ2v) is 3.03. The van der Waals surface area contributed by atoms with E-state index < -0.39 is 0 Å². The molecule has 0 radical (unpaired) electrons. The SMILES string of the molecule is CSc1ncc(Cl)c(Cl)n1. The minimum absolute atomic E-state index is 0.306. The second kappa shape index (κ2) is 3.42. The van der Waals surface area contributed by atoms with Crippen LogP contribution in [0.4, 0.5) is 0 Å². The van der Waals surface area contributed by atoms with Crippen molar-refractivity contribution >= 4 is 35.0 Å². The van der Waals surface area contributed by atoms with Crippen LogP contribution in [0, 0.1) is 0 Å². The van der Waals surface area contributed by atoms with Crippen LogP contribution in [0.25, 0.3) is 0 Å². The summed E-state index contributed by atoms with van der Waals surface area (Å²) in [6, 6.07) is 0. The summed E-state index contributed by atoms with van der Waals surface area (Å²) >= 11 is 12.6. The summed E-state index contributed by atoms with van der Waals surface area (Å²) in [6.07, 6.45) is 3.36. The van der Waals surface area contributed by atoms with Gasteiger partial charge in [-0.15, -0.1) is 0 Å². The molecule has 1 aromatic heterocycles. The van der Waals surface area contributed by atoms with Crippen molar-refractivity contribution in [1.29, 1.82) is 0 Å². The largest absolute Gasteiger partial charge is 0.229 e. The highest BCUT2D eigenvalue weighted by atomic mass is 35.5. The number of halogens is 2. The lowest BCUT2D eigenvalue weighted by atomic mass is 10.7. The van der Waals surface area contributed by atoms with Crippen molar-refractivity contribution in [3.63, 3.8) is 0 Å². The van der Waals surface area contributed by atoms with Gasteiger partial charge in [0.1, 0.15) is 0 Å². The third-order valence-electron chi connectivity index (χ3n) is 0.862. The molecule has 5 heteroatoms. The molecule has 2 nitrogen and oxygen atoms in total. The maximum absolute atomic E-state index is 5.60. The van der Waals surface area contributed by atoms with Gasteiger partial charge in [-0.05, 0) is 6.26 Å². The van der Waals surface area contributed by atoms with Crippen molar-refractivity contribution in [2.75, 3.05) is 6.26 Å². The minimum atomic E-state index is 0.306. The van der Waals surface area contributed by atoms with Crippen molar-refractivity contribution in [3.8, 4) is 0 Å². The molecule has 0 bridgehead atoms. The summed E-state index contributed by atoms with van der Waals surface area (Å²) in [4.78, 5) is 7.77. The lowest BCUT2D eigenvalue weighted by Gasteiger charge is -1.95. The maximum Gasteiger partial charge on any atom is 0.188 e. The van der Waals surface area contributed by atoms with E-state index >= 15 is 0 Å². The van der Waals surface area contributed by atoms with E-state index in [1.54, 1.807) is 0 Å². The van der Waals surface area contributed by atoms with Gasteiger partial charge < -0.3 is 0 Å². The first-order valence-corrected chi connectivity index (χ1v) is 4.44. The van der Waals surface area contributed by atoms with Crippen molar-refractivity contribution < 1.29 is 0 Å². The smallest absolute Gasteiger partial charge is 0.188 e. The zero-order valence-electron chi connectivity index (χ0n) is 5.14. The molecule has 0 atom stereocenters. The lowest BCUT2D eigenvalue weighted by molar-refractivity contribution is 0.971. The Morgan fingerprint density at radius 3 is 2.70 bits per heavy atom. The van der Waals surface area contributed by atoms with Crippen molar-refractivity contribution in [2.45, 2.75) is 5.16 Å². The van der Waals surface area contributed by atoms with Crippen LogP contribution in [0.2, 0.25) is 10.2 Å². The van der Waals surface area contributed by atoms with Crippen LogP contribution in [-0.4, -0.2) is 16.2 Å². The Kier molecular flexibility index (Phi) is 2.77. The fraction of sp³-hybridized carbons (Fsp3) is 0.200. The zero-order valence-corrected chi connectivity index (χ0v) is 7.46. The van der Waals surface area contributed by atoms with E-state index in [-0.39, 0.29) is 0 Å². The molecular formula is C5H4Cl2N2S. The van der Waals surface area contributed by atoms with Gasteiger partial charge in [0.15, 0.2) is 10.3 Å². The third kappa shape index (κ3) is 1.75.